The summed E-state index contributed by atoms with van der Waals surface area (Å²) in [4.78, 5) is 28.1. The molecule has 0 spiro atoms. The van der Waals surface area contributed by atoms with Gasteiger partial charge < -0.3 is 14.8 Å². The average molecular weight is 405 g/mol. The van der Waals surface area contributed by atoms with Gasteiger partial charge in [-0.1, -0.05) is 0 Å². The van der Waals surface area contributed by atoms with Crippen molar-refractivity contribution in [2.45, 2.75) is 18.5 Å². The SMILES string of the molecule is COc1nc2c(c(=O)n1-c1ccc(OCC(F)(F)C(F)(F)F)cc1)CC(=O)N2. The zero-order chi connectivity index (χ0) is 20.7. The van der Waals surface area contributed by atoms with Crippen molar-refractivity contribution in [2.24, 2.45) is 0 Å². The molecule has 1 aromatic carbocycles. The van der Waals surface area contributed by atoms with Crippen molar-refractivity contribution in [1.82, 2.24) is 9.55 Å². The van der Waals surface area contributed by atoms with Gasteiger partial charge in [0, 0.05) is 0 Å². The molecule has 0 aliphatic carbocycles. The van der Waals surface area contributed by atoms with Gasteiger partial charge in [-0.25, -0.2) is 4.57 Å². The van der Waals surface area contributed by atoms with Gasteiger partial charge >= 0.3 is 18.1 Å². The van der Waals surface area contributed by atoms with Crippen LogP contribution in [-0.2, 0) is 11.2 Å². The van der Waals surface area contributed by atoms with Crippen LogP contribution < -0.4 is 20.3 Å². The largest absolute Gasteiger partial charge is 0.487 e. The second-order valence-electron chi connectivity index (χ2n) is 5.78. The van der Waals surface area contributed by atoms with E-state index in [4.69, 9.17) is 4.74 Å². The van der Waals surface area contributed by atoms with E-state index in [9.17, 15) is 31.5 Å². The minimum atomic E-state index is -5.73. The maximum Gasteiger partial charge on any atom is 0.456 e. The van der Waals surface area contributed by atoms with E-state index < -0.39 is 30.2 Å². The van der Waals surface area contributed by atoms with E-state index in [0.29, 0.717) is 0 Å². The normalized spacial score (nSPS) is 13.9. The summed E-state index contributed by atoms with van der Waals surface area (Å²) in [5.41, 5.74) is -0.278. The molecule has 0 radical (unpaired) electrons. The highest BCUT2D eigenvalue weighted by Crippen LogP contribution is 2.35. The molecule has 0 unspecified atom stereocenters. The number of benzene rings is 1. The molecule has 28 heavy (non-hydrogen) atoms. The zero-order valence-electron chi connectivity index (χ0n) is 14.1. The Morgan fingerprint density at radius 2 is 1.79 bits per heavy atom. The Hall–Kier alpha value is -3.18. The smallest absolute Gasteiger partial charge is 0.456 e. The zero-order valence-corrected chi connectivity index (χ0v) is 14.1. The molecule has 1 aliphatic heterocycles. The summed E-state index contributed by atoms with van der Waals surface area (Å²) in [5, 5.41) is 2.42. The first-order valence-electron chi connectivity index (χ1n) is 7.71. The van der Waals surface area contributed by atoms with Gasteiger partial charge in [-0.3, -0.25) is 9.59 Å². The summed E-state index contributed by atoms with van der Waals surface area (Å²) >= 11 is 0. The first-order valence-corrected chi connectivity index (χ1v) is 7.71. The highest BCUT2D eigenvalue weighted by Gasteiger charge is 2.58. The number of aromatic nitrogens is 2. The lowest BCUT2D eigenvalue weighted by Gasteiger charge is -2.20. The summed E-state index contributed by atoms with van der Waals surface area (Å²) in [6.07, 6.45) is -5.89. The van der Waals surface area contributed by atoms with Gasteiger partial charge in [0.15, 0.2) is 6.61 Å². The van der Waals surface area contributed by atoms with E-state index >= 15 is 0 Å². The fraction of sp³-hybridized carbons (Fsp3) is 0.312. The lowest BCUT2D eigenvalue weighted by molar-refractivity contribution is -0.290. The van der Waals surface area contributed by atoms with E-state index in [2.05, 4.69) is 15.0 Å². The van der Waals surface area contributed by atoms with Gasteiger partial charge in [0.25, 0.3) is 5.56 Å². The summed E-state index contributed by atoms with van der Waals surface area (Å²) in [5.74, 6) is -5.59. The van der Waals surface area contributed by atoms with Crippen molar-refractivity contribution < 1.29 is 36.2 Å². The Labute approximate surface area is 153 Å². The van der Waals surface area contributed by atoms with E-state index in [1.807, 2.05) is 0 Å². The molecule has 3 rings (SSSR count). The van der Waals surface area contributed by atoms with Gasteiger partial charge in [-0.15, -0.1) is 0 Å². The van der Waals surface area contributed by atoms with Crippen LogP contribution in [0, 0.1) is 0 Å². The van der Waals surface area contributed by atoms with Crippen LogP contribution in [0.4, 0.5) is 27.8 Å². The molecule has 12 heteroatoms. The van der Waals surface area contributed by atoms with E-state index in [0.717, 1.165) is 16.7 Å². The van der Waals surface area contributed by atoms with Crippen LogP contribution in [0.3, 0.4) is 0 Å². The maximum absolute atomic E-state index is 12.9. The fourth-order valence-corrected chi connectivity index (χ4v) is 2.45. The van der Waals surface area contributed by atoms with Crippen molar-refractivity contribution in [3.8, 4) is 17.4 Å². The molecule has 0 bridgehead atoms. The quantitative estimate of drug-likeness (QED) is 0.773. The molecule has 0 atom stereocenters. The standard InChI is InChI=1S/C16H12F5N3O4/c1-27-14-23-12-10(6-11(25)22-12)13(26)24(14)8-2-4-9(5-3-8)28-7-15(17,18)16(19,20)21/h2-5H,6-7H2,1H3,(H,22,25). The van der Waals surface area contributed by atoms with Gasteiger partial charge in [-0.2, -0.15) is 26.9 Å². The molecule has 2 heterocycles. The molecule has 1 N–H and O–H groups in total. The number of alkyl halides is 5. The number of hydrogen-bond acceptors (Lipinski definition) is 5. The van der Waals surface area contributed by atoms with E-state index in [1.54, 1.807) is 0 Å². The highest BCUT2D eigenvalue weighted by molar-refractivity contribution is 5.97. The first-order chi connectivity index (χ1) is 13.0. The molecule has 150 valence electrons. The lowest BCUT2D eigenvalue weighted by Crippen LogP contribution is -2.41. The minimum absolute atomic E-state index is 0.0810. The number of amides is 1. The van der Waals surface area contributed by atoms with Crippen molar-refractivity contribution >= 4 is 11.7 Å². The Kier molecular flexibility index (Phi) is 4.73. The average Bonchev–Trinajstić information content (AvgIpc) is 3.00. The Balaban J connectivity index is 1.88. The third kappa shape index (κ3) is 3.49. The lowest BCUT2D eigenvalue weighted by atomic mass is 10.2. The number of ether oxygens (including phenoxy) is 2. The van der Waals surface area contributed by atoms with Gasteiger partial charge in [0.2, 0.25) is 5.91 Å². The number of carbonyl (C=O) groups is 1. The summed E-state index contributed by atoms with van der Waals surface area (Å²) in [7, 11) is 1.25. The summed E-state index contributed by atoms with van der Waals surface area (Å²) in [6.45, 7) is -1.88. The molecular formula is C16H12F5N3O4. The molecule has 1 amide bonds. The maximum atomic E-state index is 12.9. The number of hydrogen-bond donors (Lipinski definition) is 1. The first kappa shape index (κ1) is 19.6. The molecule has 7 nitrogen and oxygen atoms in total. The van der Waals surface area contributed by atoms with E-state index in [1.165, 1.54) is 19.2 Å². The van der Waals surface area contributed by atoms with Crippen LogP contribution in [0.2, 0.25) is 0 Å². The van der Waals surface area contributed by atoms with Crippen LogP contribution >= 0.6 is 0 Å². The number of anilines is 1. The molecule has 2 aromatic rings. The van der Waals surface area contributed by atoms with Gasteiger partial charge in [0.1, 0.15) is 11.6 Å². The number of fused-ring (bicyclic) bond motifs is 1. The highest BCUT2D eigenvalue weighted by atomic mass is 19.4. The molecule has 1 aromatic heterocycles. The summed E-state index contributed by atoms with van der Waals surface area (Å²) < 4.78 is 72.9. The number of methoxy groups -OCH3 is 1. The Bertz CT molecular complexity index is 970. The van der Waals surface area contributed by atoms with Crippen LogP contribution in [0.15, 0.2) is 29.1 Å². The Morgan fingerprint density at radius 1 is 1.14 bits per heavy atom. The topological polar surface area (TPSA) is 82.4 Å². The molecule has 0 fully saturated rings. The van der Waals surface area contributed by atoms with Gasteiger partial charge in [0.05, 0.1) is 24.8 Å². The second-order valence-corrected chi connectivity index (χ2v) is 5.78. The second kappa shape index (κ2) is 6.77. The van der Waals surface area contributed by atoms with Gasteiger partial charge in [-0.05, 0) is 24.3 Å². The molecular weight excluding hydrogens is 393 g/mol. The fourth-order valence-electron chi connectivity index (χ4n) is 2.45. The van der Waals surface area contributed by atoms with Crippen LogP contribution in [0.1, 0.15) is 5.56 Å². The van der Waals surface area contributed by atoms with Crippen LogP contribution in [0.5, 0.6) is 11.8 Å². The molecule has 0 saturated carbocycles. The number of carbonyl (C=O) groups excluding carboxylic acids is 1. The number of nitrogens with zero attached hydrogens (tertiary/aromatic N) is 2. The molecule has 1 aliphatic rings. The monoisotopic (exact) mass is 405 g/mol. The van der Waals surface area contributed by atoms with Crippen molar-refractivity contribution in [1.29, 1.82) is 0 Å². The van der Waals surface area contributed by atoms with Crippen molar-refractivity contribution in [3.63, 3.8) is 0 Å². The van der Waals surface area contributed by atoms with Crippen LogP contribution in [0.25, 0.3) is 5.69 Å². The van der Waals surface area contributed by atoms with Crippen molar-refractivity contribution in [2.75, 3.05) is 19.0 Å². The van der Waals surface area contributed by atoms with Crippen molar-refractivity contribution in [3.05, 3.63) is 40.2 Å². The predicted molar refractivity (Wildman–Crippen MR) is 85.2 cm³/mol. The van der Waals surface area contributed by atoms with Crippen LogP contribution in [-0.4, -0.2) is 41.3 Å². The third-order valence-corrected chi connectivity index (χ3v) is 3.85. The number of nitrogens with one attached hydrogen (secondary N) is 1. The number of rotatable bonds is 5. The third-order valence-electron chi connectivity index (χ3n) is 3.85. The molecule has 0 saturated heterocycles. The minimum Gasteiger partial charge on any atom is -0.487 e. The van der Waals surface area contributed by atoms with E-state index in [-0.39, 0.29) is 35.2 Å². The number of halogens is 5. The summed E-state index contributed by atoms with van der Waals surface area (Å²) in [6, 6.07) is 4.59. The Morgan fingerprint density at radius 3 is 2.36 bits per heavy atom. The predicted octanol–water partition coefficient (Wildman–Crippen LogP) is 2.31.